The number of amides is 1. The van der Waals surface area contributed by atoms with Crippen LogP contribution in [0.5, 0.6) is 5.75 Å². The highest BCUT2D eigenvalue weighted by Crippen LogP contribution is 2.29. The Balaban J connectivity index is 1.91. The molecule has 0 aliphatic carbocycles. The molecule has 1 amide bonds. The predicted molar refractivity (Wildman–Crippen MR) is 81.6 cm³/mol. The Morgan fingerprint density at radius 1 is 1.30 bits per heavy atom. The number of nitrogens with zero attached hydrogens (tertiary/aromatic N) is 2. The third kappa shape index (κ3) is 2.82. The van der Waals surface area contributed by atoms with Gasteiger partial charge in [0.25, 0.3) is 11.6 Å². The molecule has 1 heterocycles. The van der Waals surface area contributed by atoms with E-state index in [9.17, 15) is 14.9 Å². The Morgan fingerprint density at radius 3 is 2.87 bits per heavy atom. The topological polar surface area (TPSA) is 108 Å². The van der Waals surface area contributed by atoms with Crippen LogP contribution in [0.4, 0.5) is 11.4 Å². The smallest absolute Gasteiger partial charge is 0.296 e. The average molecular weight is 313 g/mol. The van der Waals surface area contributed by atoms with Gasteiger partial charge in [-0.3, -0.25) is 14.9 Å². The molecular formula is C15H11N3O5. The average Bonchev–Trinajstić information content (AvgIpc) is 3.02. The van der Waals surface area contributed by atoms with Gasteiger partial charge in [0.2, 0.25) is 0 Å². The number of ether oxygens (including phenoxy) is 1. The number of nitro groups is 1. The Bertz CT molecular complexity index is 903. The molecule has 0 aliphatic rings. The van der Waals surface area contributed by atoms with Gasteiger partial charge >= 0.3 is 0 Å². The molecule has 0 saturated carbocycles. The summed E-state index contributed by atoms with van der Waals surface area (Å²) in [4.78, 5) is 26.8. The highest BCUT2D eigenvalue weighted by Gasteiger charge is 2.18. The fourth-order valence-electron chi connectivity index (χ4n) is 2.09. The molecule has 23 heavy (non-hydrogen) atoms. The summed E-state index contributed by atoms with van der Waals surface area (Å²) in [6.45, 7) is 0. The molecule has 0 spiro atoms. The number of nitrogens with one attached hydrogen (secondary N) is 1. The van der Waals surface area contributed by atoms with Gasteiger partial charge in [0.05, 0.1) is 18.1 Å². The minimum absolute atomic E-state index is 0.0843. The van der Waals surface area contributed by atoms with E-state index >= 15 is 0 Å². The molecule has 3 rings (SSSR count). The van der Waals surface area contributed by atoms with Gasteiger partial charge in [-0.15, -0.1) is 0 Å². The van der Waals surface area contributed by atoms with Crippen LogP contribution in [0.2, 0.25) is 0 Å². The van der Waals surface area contributed by atoms with Gasteiger partial charge in [0.1, 0.15) is 17.0 Å². The second-order valence-corrected chi connectivity index (χ2v) is 4.63. The first-order chi connectivity index (χ1) is 11.1. The van der Waals surface area contributed by atoms with Crippen molar-refractivity contribution in [2.75, 3.05) is 12.4 Å². The summed E-state index contributed by atoms with van der Waals surface area (Å²) in [6.07, 6.45) is 1.28. The standard InChI is InChI=1S/C15H11N3O5/c1-22-10-3-4-11(13(7-10)18(20)21)17-15(19)9-2-5-14-12(6-9)16-8-23-14/h2-8H,1H3,(H,17,19). The number of oxazole rings is 1. The van der Waals surface area contributed by atoms with E-state index in [-0.39, 0.29) is 11.4 Å². The fourth-order valence-corrected chi connectivity index (χ4v) is 2.09. The lowest BCUT2D eigenvalue weighted by molar-refractivity contribution is -0.384. The monoisotopic (exact) mass is 313 g/mol. The highest BCUT2D eigenvalue weighted by molar-refractivity contribution is 6.06. The highest BCUT2D eigenvalue weighted by atomic mass is 16.6. The van der Waals surface area contributed by atoms with Crippen LogP contribution >= 0.6 is 0 Å². The summed E-state index contributed by atoms with van der Waals surface area (Å²) < 4.78 is 10.1. The second kappa shape index (κ2) is 5.76. The molecule has 0 atom stereocenters. The van der Waals surface area contributed by atoms with Gasteiger partial charge in [-0.05, 0) is 30.3 Å². The van der Waals surface area contributed by atoms with E-state index in [0.717, 1.165) is 0 Å². The predicted octanol–water partition coefficient (Wildman–Crippen LogP) is 3.00. The Kier molecular flexibility index (Phi) is 3.63. The Hall–Kier alpha value is -3.42. The Labute approximate surface area is 129 Å². The molecule has 0 saturated heterocycles. The van der Waals surface area contributed by atoms with Gasteiger partial charge in [0, 0.05) is 5.56 Å². The van der Waals surface area contributed by atoms with Crippen molar-refractivity contribution in [3.05, 3.63) is 58.5 Å². The molecule has 0 unspecified atom stereocenters. The third-order valence-electron chi connectivity index (χ3n) is 3.24. The quantitative estimate of drug-likeness (QED) is 0.586. The molecule has 2 aromatic carbocycles. The number of anilines is 1. The van der Waals surface area contributed by atoms with Crippen molar-refractivity contribution in [2.45, 2.75) is 0 Å². The maximum absolute atomic E-state index is 12.3. The van der Waals surface area contributed by atoms with E-state index in [1.165, 1.54) is 31.7 Å². The first-order valence-electron chi connectivity index (χ1n) is 6.55. The number of nitro benzene ring substituents is 1. The van der Waals surface area contributed by atoms with Crippen molar-refractivity contribution in [1.29, 1.82) is 0 Å². The zero-order valence-electron chi connectivity index (χ0n) is 12.0. The van der Waals surface area contributed by atoms with Crippen LogP contribution in [-0.4, -0.2) is 22.9 Å². The van der Waals surface area contributed by atoms with E-state index in [4.69, 9.17) is 9.15 Å². The van der Waals surface area contributed by atoms with Crippen LogP contribution < -0.4 is 10.1 Å². The van der Waals surface area contributed by atoms with E-state index in [1.807, 2.05) is 0 Å². The molecular weight excluding hydrogens is 302 g/mol. The molecule has 8 nitrogen and oxygen atoms in total. The van der Waals surface area contributed by atoms with Crippen molar-refractivity contribution in [2.24, 2.45) is 0 Å². The zero-order chi connectivity index (χ0) is 16.4. The summed E-state index contributed by atoms with van der Waals surface area (Å²) in [5.41, 5.74) is 1.23. The number of fused-ring (bicyclic) bond motifs is 1. The van der Waals surface area contributed by atoms with Gasteiger partial charge < -0.3 is 14.5 Å². The largest absolute Gasteiger partial charge is 0.496 e. The maximum Gasteiger partial charge on any atom is 0.296 e. The molecule has 116 valence electrons. The minimum Gasteiger partial charge on any atom is -0.496 e. The summed E-state index contributed by atoms with van der Waals surface area (Å²) in [5.74, 6) is -0.151. The molecule has 1 aromatic heterocycles. The Morgan fingerprint density at radius 2 is 2.13 bits per heavy atom. The van der Waals surface area contributed by atoms with Crippen molar-refractivity contribution in [1.82, 2.24) is 4.98 Å². The van der Waals surface area contributed by atoms with Crippen molar-refractivity contribution in [3.63, 3.8) is 0 Å². The third-order valence-corrected chi connectivity index (χ3v) is 3.24. The van der Waals surface area contributed by atoms with Crippen LogP contribution in [-0.2, 0) is 0 Å². The summed E-state index contributed by atoms with van der Waals surface area (Å²) in [7, 11) is 1.41. The minimum atomic E-state index is -0.584. The first-order valence-corrected chi connectivity index (χ1v) is 6.55. The number of hydrogen-bond donors (Lipinski definition) is 1. The molecule has 8 heteroatoms. The SMILES string of the molecule is COc1ccc(NC(=O)c2ccc3ocnc3c2)c([N+](=O)[O-])c1. The molecule has 0 radical (unpaired) electrons. The number of rotatable bonds is 4. The second-order valence-electron chi connectivity index (χ2n) is 4.63. The van der Waals surface area contributed by atoms with E-state index in [0.29, 0.717) is 22.4 Å². The molecule has 3 aromatic rings. The van der Waals surface area contributed by atoms with Crippen LogP contribution in [0.25, 0.3) is 11.1 Å². The number of aromatic nitrogens is 1. The lowest BCUT2D eigenvalue weighted by Crippen LogP contribution is -2.13. The van der Waals surface area contributed by atoms with Crippen LogP contribution in [0.15, 0.2) is 47.2 Å². The van der Waals surface area contributed by atoms with Crippen molar-refractivity contribution in [3.8, 4) is 5.75 Å². The van der Waals surface area contributed by atoms with Gasteiger partial charge in [-0.25, -0.2) is 4.98 Å². The lowest BCUT2D eigenvalue weighted by Gasteiger charge is -2.07. The molecule has 0 bridgehead atoms. The molecule has 1 N–H and O–H groups in total. The van der Waals surface area contributed by atoms with Crippen LogP contribution in [0.1, 0.15) is 10.4 Å². The first kappa shape index (κ1) is 14.5. The number of carbonyl (C=O) groups excluding carboxylic acids is 1. The van der Waals surface area contributed by atoms with E-state index in [2.05, 4.69) is 10.3 Å². The van der Waals surface area contributed by atoms with Crippen LogP contribution in [0.3, 0.4) is 0 Å². The fraction of sp³-hybridized carbons (Fsp3) is 0.0667. The van der Waals surface area contributed by atoms with Crippen molar-refractivity contribution >= 4 is 28.4 Å². The van der Waals surface area contributed by atoms with Gasteiger partial charge in [-0.1, -0.05) is 0 Å². The van der Waals surface area contributed by atoms with Crippen molar-refractivity contribution < 1.29 is 18.9 Å². The molecule has 0 aliphatic heterocycles. The van der Waals surface area contributed by atoms with E-state index in [1.54, 1.807) is 18.2 Å². The number of methoxy groups -OCH3 is 1. The number of benzene rings is 2. The molecule has 0 fully saturated rings. The van der Waals surface area contributed by atoms with Gasteiger partial charge in [0.15, 0.2) is 12.0 Å². The van der Waals surface area contributed by atoms with E-state index < -0.39 is 10.8 Å². The normalized spacial score (nSPS) is 10.5. The number of carbonyl (C=O) groups is 1. The number of hydrogen-bond acceptors (Lipinski definition) is 6. The summed E-state index contributed by atoms with van der Waals surface area (Å²) >= 11 is 0. The summed E-state index contributed by atoms with van der Waals surface area (Å²) in [6, 6.07) is 8.91. The lowest BCUT2D eigenvalue weighted by atomic mass is 10.2. The zero-order valence-corrected chi connectivity index (χ0v) is 12.0. The summed E-state index contributed by atoms with van der Waals surface area (Å²) in [5, 5.41) is 13.6. The maximum atomic E-state index is 12.3. The van der Waals surface area contributed by atoms with Gasteiger partial charge in [-0.2, -0.15) is 0 Å². The van der Waals surface area contributed by atoms with Crippen LogP contribution in [0, 0.1) is 10.1 Å².